The summed E-state index contributed by atoms with van der Waals surface area (Å²) < 4.78 is 10.4. The van der Waals surface area contributed by atoms with E-state index in [0.29, 0.717) is 19.6 Å². The van der Waals surface area contributed by atoms with Crippen molar-refractivity contribution in [2.45, 2.75) is 18.8 Å². The van der Waals surface area contributed by atoms with Crippen LogP contribution in [0.5, 0.6) is 5.75 Å². The lowest BCUT2D eigenvalue weighted by atomic mass is 9.88. The first-order chi connectivity index (χ1) is 13.2. The fourth-order valence-electron chi connectivity index (χ4n) is 3.35. The first-order valence-electron chi connectivity index (χ1n) is 9.18. The fourth-order valence-corrected chi connectivity index (χ4v) is 3.35. The van der Waals surface area contributed by atoms with Gasteiger partial charge in [0.1, 0.15) is 5.75 Å². The summed E-state index contributed by atoms with van der Waals surface area (Å²) in [7, 11) is 3.32. The number of benzene rings is 2. The molecule has 3 rings (SSSR count). The van der Waals surface area contributed by atoms with E-state index < -0.39 is 0 Å². The molecule has 0 fully saturated rings. The Kier molecular flexibility index (Phi) is 6.49. The molecule has 0 aliphatic heterocycles. The van der Waals surface area contributed by atoms with Crippen molar-refractivity contribution in [3.8, 4) is 5.75 Å². The molecule has 0 spiro atoms. The predicted molar refractivity (Wildman–Crippen MR) is 107 cm³/mol. The zero-order valence-electron chi connectivity index (χ0n) is 15.8. The minimum atomic E-state index is -0.0568. The summed E-state index contributed by atoms with van der Waals surface area (Å²) in [6, 6.07) is 16.1. The van der Waals surface area contributed by atoms with Gasteiger partial charge in [0.2, 0.25) is 5.91 Å². The van der Waals surface area contributed by atoms with Crippen LogP contribution in [0.2, 0.25) is 0 Å². The molecule has 5 nitrogen and oxygen atoms in total. The molecule has 0 aliphatic rings. The van der Waals surface area contributed by atoms with E-state index in [0.717, 1.165) is 34.2 Å². The zero-order chi connectivity index (χ0) is 19.1. The fraction of sp³-hybridized carbons (Fsp3) is 0.318. The van der Waals surface area contributed by atoms with Crippen molar-refractivity contribution in [2.24, 2.45) is 0 Å². The number of ether oxygens (including phenoxy) is 2. The van der Waals surface area contributed by atoms with Crippen molar-refractivity contribution in [3.63, 3.8) is 0 Å². The SMILES string of the molecule is COCCCNC(=O)C[C@@H](c1cccc(OC)c1)c1c[nH]c2ccccc12. The molecule has 2 N–H and O–H groups in total. The Labute approximate surface area is 159 Å². The molecular formula is C22H26N2O3. The topological polar surface area (TPSA) is 63.4 Å². The van der Waals surface area contributed by atoms with Crippen molar-refractivity contribution < 1.29 is 14.3 Å². The zero-order valence-corrected chi connectivity index (χ0v) is 15.8. The Balaban J connectivity index is 1.88. The second-order valence-electron chi connectivity index (χ2n) is 6.52. The summed E-state index contributed by atoms with van der Waals surface area (Å²) in [5.41, 5.74) is 3.25. The molecule has 0 radical (unpaired) electrons. The monoisotopic (exact) mass is 366 g/mol. The van der Waals surface area contributed by atoms with Gasteiger partial charge >= 0.3 is 0 Å². The number of aromatic nitrogens is 1. The van der Waals surface area contributed by atoms with Crippen molar-refractivity contribution in [3.05, 3.63) is 65.9 Å². The third-order valence-corrected chi connectivity index (χ3v) is 4.73. The number of rotatable bonds is 9. The second kappa shape index (κ2) is 9.24. The van der Waals surface area contributed by atoms with Crippen molar-refractivity contribution in [1.29, 1.82) is 0 Å². The Morgan fingerprint density at radius 3 is 2.81 bits per heavy atom. The summed E-state index contributed by atoms with van der Waals surface area (Å²) in [6.07, 6.45) is 3.19. The average molecular weight is 366 g/mol. The van der Waals surface area contributed by atoms with Crippen molar-refractivity contribution in [1.82, 2.24) is 10.3 Å². The van der Waals surface area contributed by atoms with Crippen LogP contribution < -0.4 is 10.1 Å². The van der Waals surface area contributed by atoms with E-state index in [4.69, 9.17) is 9.47 Å². The van der Waals surface area contributed by atoms with Gasteiger partial charge in [-0.15, -0.1) is 0 Å². The molecule has 5 heteroatoms. The summed E-state index contributed by atoms with van der Waals surface area (Å²) in [5.74, 6) is 0.765. The van der Waals surface area contributed by atoms with E-state index in [-0.39, 0.29) is 11.8 Å². The Morgan fingerprint density at radius 2 is 2.00 bits per heavy atom. The molecule has 142 valence electrons. The third-order valence-electron chi connectivity index (χ3n) is 4.73. The van der Waals surface area contributed by atoms with Crippen LogP contribution in [0.3, 0.4) is 0 Å². The van der Waals surface area contributed by atoms with Gasteiger partial charge in [-0.25, -0.2) is 0 Å². The van der Waals surface area contributed by atoms with E-state index in [1.807, 2.05) is 48.7 Å². The maximum absolute atomic E-state index is 12.6. The summed E-state index contributed by atoms with van der Waals surface area (Å²) in [4.78, 5) is 15.9. The minimum absolute atomic E-state index is 0.0317. The van der Waals surface area contributed by atoms with Crippen LogP contribution in [-0.4, -0.2) is 38.3 Å². The lowest BCUT2D eigenvalue weighted by Crippen LogP contribution is -2.27. The molecule has 0 aliphatic carbocycles. The molecule has 1 amide bonds. The number of hydrogen-bond acceptors (Lipinski definition) is 3. The number of carbonyl (C=O) groups excluding carboxylic acids is 1. The number of methoxy groups -OCH3 is 2. The van der Waals surface area contributed by atoms with E-state index >= 15 is 0 Å². The van der Waals surface area contributed by atoms with Gasteiger partial charge in [0.25, 0.3) is 0 Å². The molecule has 1 heterocycles. The molecule has 0 saturated heterocycles. The molecule has 0 unspecified atom stereocenters. The molecule has 1 aromatic heterocycles. The van der Waals surface area contributed by atoms with Crippen LogP contribution in [0.1, 0.15) is 29.9 Å². The van der Waals surface area contributed by atoms with Gasteiger partial charge in [0.15, 0.2) is 0 Å². The number of para-hydroxylation sites is 1. The first kappa shape index (κ1) is 19.0. The number of H-pyrrole nitrogens is 1. The number of aromatic amines is 1. The van der Waals surface area contributed by atoms with Crippen LogP contribution in [-0.2, 0) is 9.53 Å². The normalized spacial score (nSPS) is 12.1. The second-order valence-corrected chi connectivity index (χ2v) is 6.52. The molecular weight excluding hydrogens is 340 g/mol. The van der Waals surface area contributed by atoms with Gasteiger partial charge < -0.3 is 19.8 Å². The number of nitrogens with one attached hydrogen (secondary N) is 2. The van der Waals surface area contributed by atoms with Crippen molar-refractivity contribution >= 4 is 16.8 Å². The van der Waals surface area contributed by atoms with E-state index in [9.17, 15) is 4.79 Å². The van der Waals surface area contributed by atoms with Gasteiger partial charge in [0.05, 0.1) is 7.11 Å². The molecule has 0 bridgehead atoms. The highest BCUT2D eigenvalue weighted by Gasteiger charge is 2.21. The number of hydrogen-bond donors (Lipinski definition) is 2. The summed E-state index contributed by atoms with van der Waals surface area (Å²) >= 11 is 0. The first-order valence-corrected chi connectivity index (χ1v) is 9.18. The molecule has 2 aromatic carbocycles. The van der Waals surface area contributed by atoms with E-state index in [2.05, 4.69) is 16.4 Å². The number of amides is 1. The number of carbonyl (C=O) groups is 1. The quantitative estimate of drug-likeness (QED) is 0.566. The highest BCUT2D eigenvalue weighted by Crippen LogP contribution is 2.34. The maximum atomic E-state index is 12.6. The maximum Gasteiger partial charge on any atom is 0.220 e. The van der Waals surface area contributed by atoms with Crippen LogP contribution in [0.15, 0.2) is 54.7 Å². The van der Waals surface area contributed by atoms with E-state index in [1.165, 1.54) is 0 Å². The minimum Gasteiger partial charge on any atom is -0.497 e. The molecule has 27 heavy (non-hydrogen) atoms. The Bertz CT molecular complexity index is 888. The Hall–Kier alpha value is -2.79. The van der Waals surface area contributed by atoms with Gasteiger partial charge in [-0.05, 0) is 35.7 Å². The summed E-state index contributed by atoms with van der Waals surface area (Å²) in [5, 5.41) is 4.13. The Morgan fingerprint density at radius 1 is 1.15 bits per heavy atom. The molecule has 0 saturated carbocycles. The third kappa shape index (κ3) is 4.68. The highest BCUT2D eigenvalue weighted by atomic mass is 16.5. The number of fused-ring (bicyclic) bond motifs is 1. The van der Waals surface area contributed by atoms with Gasteiger partial charge in [-0.1, -0.05) is 30.3 Å². The predicted octanol–water partition coefficient (Wildman–Crippen LogP) is 3.85. The van der Waals surface area contributed by atoms with E-state index in [1.54, 1.807) is 14.2 Å². The van der Waals surface area contributed by atoms with Crippen LogP contribution in [0.25, 0.3) is 10.9 Å². The summed E-state index contributed by atoms with van der Waals surface area (Å²) in [6.45, 7) is 1.26. The molecule has 1 atom stereocenters. The smallest absolute Gasteiger partial charge is 0.220 e. The highest BCUT2D eigenvalue weighted by molar-refractivity contribution is 5.86. The van der Waals surface area contributed by atoms with Gasteiger partial charge in [0, 0.05) is 49.7 Å². The average Bonchev–Trinajstić information content (AvgIpc) is 3.13. The molecule has 3 aromatic rings. The lowest BCUT2D eigenvalue weighted by molar-refractivity contribution is -0.121. The van der Waals surface area contributed by atoms with Crippen molar-refractivity contribution in [2.75, 3.05) is 27.4 Å². The lowest BCUT2D eigenvalue weighted by Gasteiger charge is -2.18. The van der Waals surface area contributed by atoms with Gasteiger partial charge in [-0.2, -0.15) is 0 Å². The van der Waals surface area contributed by atoms with Crippen LogP contribution in [0.4, 0.5) is 0 Å². The largest absolute Gasteiger partial charge is 0.497 e. The standard InChI is InChI=1S/C22H26N2O3/c1-26-12-6-11-23-22(25)14-19(16-7-5-8-17(13-16)27-2)20-15-24-21-10-4-3-9-18(20)21/h3-5,7-10,13,15,19,24H,6,11-12,14H2,1-2H3,(H,23,25)/t19-/m0/s1. The van der Waals surface area contributed by atoms with Crippen LogP contribution >= 0.6 is 0 Å². The van der Waals surface area contributed by atoms with Gasteiger partial charge in [-0.3, -0.25) is 4.79 Å². The van der Waals surface area contributed by atoms with Crippen LogP contribution in [0, 0.1) is 0 Å².